The molecule has 0 aliphatic carbocycles. The smallest absolute Gasteiger partial charge is 0.293 e. The van der Waals surface area contributed by atoms with Crippen LogP contribution in [0, 0.1) is 0 Å². The van der Waals surface area contributed by atoms with Crippen molar-refractivity contribution in [3.05, 3.63) is 40.5 Å². The standard InChI is InChI=1S/C22H26N2O4S2/c1-6-27-28-24-19(26)15(30-20(24)29)12-13-11-14-17-16(18(13)25)22(4,5)8-10-23(17)9-7-21(14,2)3/h6,11-12,25H,1,7-10H2,2-5H3. The van der Waals surface area contributed by atoms with Gasteiger partial charge in [0.05, 0.1) is 4.91 Å². The SMILES string of the molecule is C=COON1C(=O)C(=Cc2cc3c4c(c2O)C(C)(C)CCN4CCC3(C)C)SC1=S. The fraction of sp³-hybridized carbons (Fsp3) is 0.455. The minimum Gasteiger partial charge on any atom is -0.507 e. The summed E-state index contributed by atoms with van der Waals surface area (Å²) in [7, 11) is 0. The maximum absolute atomic E-state index is 12.7. The van der Waals surface area contributed by atoms with Crippen molar-refractivity contribution in [1.82, 2.24) is 5.06 Å². The van der Waals surface area contributed by atoms with Gasteiger partial charge in [-0.25, -0.2) is 0 Å². The summed E-state index contributed by atoms with van der Waals surface area (Å²) in [5.41, 5.74) is 3.77. The number of nitrogens with zero attached hydrogens (tertiary/aromatic N) is 2. The Balaban J connectivity index is 1.85. The van der Waals surface area contributed by atoms with Crippen LogP contribution >= 0.6 is 24.0 Å². The van der Waals surface area contributed by atoms with Gasteiger partial charge in [0.25, 0.3) is 5.91 Å². The second-order valence-corrected chi connectivity index (χ2v) is 10.8. The summed E-state index contributed by atoms with van der Waals surface area (Å²) in [6.07, 6.45) is 4.77. The number of thioether (sulfide) groups is 1. The molecular formula is C22H26N2O4S2. The number of carbonyl (C=O) groups excluding carboxylic acids is 1. The van der Waals surface area contributed by atoms with Crippen molar-refractivity contribution in [1.29, 1.82) is 0 Å². The lowest BCUT2D eigenvalue weighted by Crippen LogP contribution is -2.44. The minimum absolute atomic E-state index is 0.0238. The van der Waals surface area contributed by atoms with E-state index in [1.807, 2.05) is 6.07 Å². The van der Waals surface area contributed by atoms with Gasteiger partial charge < -0.3 is 14.9 Å². The maximum atomic E-state index is 12.7. The molecule has 8 heteroatoms. The van der Waals surface area contributed by atoms with Crippen LogP contribution in [0.2, 0.25) is 0 Å². The fourth-order valence-corrected chi connectivity index (χ4v) is 5.56. The predicted octanol–water partition coefficient (Wildman–Crippen LogP) is 4.77. The first kappa shape index (κ1) is 21.2. The molecule has 0 unspecified atom stereocenters. The topological polar surface area (TPSA) is 62.2 Å². The zero-order valence-corrected chi connectivity index (χ0v) is 19.3. The number of aromatic hydroxyl groups is 1. The van der Waals surface area contributed by atoms with E-state index in [-0.39, 0.29) is 20.9 Å². The minimum atomic E-state index is -0.433. The van der Waals surface area contributed by atoms with Gasteiger partial charge >= 0.3 is 0 Å². The number of carbonyl (C=O) groups is 1. The second kappa shape index (κ2) is 7.28. The van der Waals surface area contributed by atoms with E-state index >= 15 is 0 Å². The Morgan fingerprint density at radius 2 is 1.90 bits per heavy atom. The second-order valence-electron chi connectivity index (χ2n) is 9.15. The van der Waals surface area contributed by atoms with Crippen molar-refractivity contribution in [2.45, 2.75) is 51.4 Å². The zero-order chi connectivity index (χ0) is 21.8. The van der Waals surface area contributed by atoms with Crippen molar-refractivity contribution in [2.24, 2.45) is 0 Å². The number of thiocarbonyl (C=S) groups is 1. The maximum Gasteiger partial charge on any atom is 0.293 e. The Morgan fingerprint density at radius 1 is 1.23 bits per heavy atom. The molecule has 1 fully saturated rings. The first-order chi connectivity index (χ1) is 14.1. The van der Waals surface area contributed by atoms with Gasteiger partial charge in [0.1, 0.15) is 12.0 Å². The van der Waals surface area contributed by atoms with Crippen LogP contribution < -0.4 is 4.90 Å². The van der Waals surface area contributed by atoms with Crippen molar-refractivity contribution < 1.29 is 19.8 Å². The highest BCUT2D eigenvalue weighted by Crippen LogP contribution is 2.53. The Labute approximate surface area is 186 Å². The van der Waals surface area contributed by atoms with E-state index in [1.165, 1.54) is 5.56 Å². The van der Waals surface area contributed by atoms with Crippen LogP contribution in [0.25, 0.3) is 6.08 Å². The summed E-state index contributed by atoms with van der Waals surface area (Å²) in [6.45, 7) is 14.2. The molecule has 1 amide bonds. The van der Waals surface area contributed by atoms with Crippen molar-refractivity contribution >= 4 is 46.0 Å². The lowest BCUT2D eigenvalue weighted by Gasteiger charge is -2.48. The molecule has 1 aromatic carbocycles. The molecule has 6 nitrogen and oxygen atoms in total. The molecule has 1 saturated heterocycles. The molecule has 0 aromatic heterocycles. The van der Waals surface area contributed by atoms with Crippen LogP contribution in [-0.2, 0) is 25.5 Å². The molecule has 4 rings (SSSR count). The van der Waals surface area contributed by atoms with Crippen LogP contribution in [-0.4, -0.2) is 33.5 Å². The van der Waals surface area contributed by atoms with Crippen LogP contribution in [0.4, 0.5) is 5.69 Å². The number of phenolic OH excluding ortho intramolecular Hbond substituents is 1. The highest BCUT2D eigenvalue weighted by atomic mass is 32.2. The zero-order valence-electron chi connectivity index (χ0n) is 17.7. The van der Waals surface area contributed by atoms with E-state index in [0.29, 0.717) is 10.5 Å². The van der Waals surface area contributed by atoms with Crippen LogP contribution in [0.15, 0.2) is 23.8 Å². The molecule has 0 bridgehead atoms. The van der Waals surface area contributed by atoms with E-state index in [9.17, 15) is 9.90 Å². The van der Waals surface area contributed by atoms with E-state index in [1.54, 1.807) is 6.08 Å². The van der Waals surface area contributed by atoms with Gasteiger partial charge in [0.2, 0.25) is 0 Å². The lowest BCUT2D eigenvalue weighted by molar-refractivity contribution is -0.350. The van der Waals surface area contributed by atoms with E-state index in [4.69, 9.17) is 17.2 Å². The molecule has 0 atom stereocenters. The highest BCUT2D eigenvalue weighted by Gasteiger charge is 2.42. The molecule has 3 heterocycles. The molecule has 1 aromatic rings. The fourth-order valence-electron chi connectivity index (χ4n) is 4.44. The van der Waals surface area contributed by atoms with E-state index < -0.39 is 5.91 Å². The lowest BCUT2D eigenvalue weighted by atomic mass is 9.68. The summed E-state index contributed by atoms with van der Waals surface area (Å²) >= 11 is 6.33. The van der Waals surface area contributed by atoms with Crippen LogP contribution in [0.5, 0.6) is 5.75 Å². The normalized spacial score (nSPS) is 23.0. The van der Waals surface area contributed by atoms with Crippen LogP contribution in [0.3, 0.4) is 0 Å². The molecule has 30 heavy (non-hydrogen) atoms. The summed E-state index contributed by atoms with van der Waals surface area (Å²) in [5, 5.41) is 12.2. The van der Waals surface area contributed by atoms with E-state index in [0.717, 1.165) is 60.3 Å². The number of hydrogen-bond acceptors (Lipinski definition) is 7. The van der Waals surface area contributed by atoms with Gasteiger partial charge in [0.15, 0.2) is 4.32 Å². The average Bonchev–Trinajstić information content (AvgIpc) is 2.93. The summed E-state index contributed by atoms with van der Waals surface area (Å²) < 4.78 is 0.221. The van der Waals surface area contributed by atoms with Gasteiger partial charge in [-0.1, -0.05) is 51.0 Å². The summed E-state index contributed by atoms with van der Waals surface area (Å²) in [4.78, 5) is 25.0. The van der Waals surface area contributed by atoms with Crippen molar-refractivity contribution in [3.63, 3.8) is 0 Å². The number of hydrogen-bond donors (Lipinski definition) is 1. The average molecular weight is 447 g/mol. The van der Waals surface area contributed by atoms with Crippen molar-refractivity contribution in [2.75, 3.05) is 18.0 Å². The number of rotatable bonds is 4. The third-order valence-electron chi connectivity index (χ3n) is 6.27. The quantitative estimate of drug-likeness (QED) is 0.235. The Hall–Kier alpha value is -2.03. The predicted molar refractivity (Wildman–Crippen MR) is 123 cm³/mol. The molecule has 1 N–H and O–H groups in total. The Morgan fingerprint density at radius 3 is 2.57 bits per heavy atom. The van der Waals surface area contributed by atoms with Crippen molar-refractivity contribution in [3.8, 4) is 5.75 Å². The highest BCUT2D eigenvalue weighted by molar-refractivity contribution is 8.26. The van der Waals surface area contributed by atoms with Gasteiger partial charge in [-0.3, -0.25) is 4.79 Å². The summed E-state index contributed by atoms with van der Waals surface area (Å²) in [5.74, 6) is -0.201. The number of benzene rings is 1. The van der Waals surface area contributed by atoms with E-state index in [2.05, 4.69) is 44.1 Å². The molecule has 3 aliphatic heterocycles. The van der Waals surface area contributed by atoms with Gasteiger partial charge in [-0.15, -0.1) is 5.06 Å². The molecule has 3 aliphatic rings. The number of amides is 1. The first-order valence-corrected chi connectivity index (χ1v) is 11.2. The first-order valence-electron chi connectivity index (χ1n) is 9.95. The molecule has 0 radical (unpaired) electrons. The molecule has 0 spiro atoms. The number of anilines is 1. The third-order valence-corrected chi connectivity index (χ3v) is 7.54. The molecule has 160 valence electrons. The monoisotopic (exact) mass is 446 g/mol. The van der Waals surface area contributed by atoms with Gasteiger partial charge in [0, 0.05) is 29.9 Å². The summed E-state index contributed by atoms with van der Waals surface area (Å²) in [6, 6.07) is 2.02. The van der Waals surface area contributed by atoms with Gasteiger partial charge in [-0.2, -0.15) is 0 Å². The largest absolute Gasteiger partial charge is 0.507 e. The number of hydroxylamine groups is 2. The molecule has 0 saturated carbocycles. The Bertz CT molecular complexity index is 982. The van der Waals surface area contributed by atoms with Gasteiger partial charge in [-0.05, 0) is 53.6 Å². The molecular weight excluding hydrogens is 420 g/mol. The Kier molecular flexibility index (Phi) is 5.15. The van der Waals surface area contributed by atoms with Crippen LogP contribution in [0.1, 0.15) is 57.2 Å². The third kappa shape index (κ3) is 3.31. The number of phenols is 1.